The molecule has 0 unspecified atom stereocenters. The van der Waals surface area contributed by atoms with Gasteiger partial charge in [-0.15, -0.1) is 24.8 Å². The van der Waals surface area contributed by atoms with Crippen molar-refractivity contribution in [1.82, 2.24) is 9.80 Å². The van der Waals surface area contributed by atoms with Crippen LogP contribution in [0.3, 0.4) is 0 Å². The lowest BCUT2D eigenvalue weighted by atomic mass is 9.94. The first-order chi connectivity index (χ1) is 8.38. The second kappa shape index (κ2) is 9.82. The number of halogens is 2. The minimum Gasteiger partial charge on any atom is -0.341 e. The van der Waals surface area contributed by atoms with E-state index >= 15 is 0 Å². The zero-order chi connectivity index (χ0) is 13.8. The summed E-state index contributed by atoms with van der Waals surface area (Å²) >= 11 is 0. The van der Waals surface area contributed by atoms with Gasteiger partial charge in [0.1, 0.15) is 0 Å². The Hall–Kier alpha value is -0.0300. The van der Waals surface area contributed by atoms with Crippen LogP contribution in [0.5, 0.6) is 0 Å². The number of amides is 1. The number of carbonyl (C=O) groups excluding carboxylic acids is 1. The van der Waals surface area contributed by atoms with E-state index in [0.717, 1.165) is 44.9 Å². The van der Waals surface area contributed by atoms with E-state index in [1.165, 1.54) is 6.54 Å². The molecule has 0 radical (unpaired) electrons. The van der Waals surface area contributed by atoms with E-state index in [4.69, 9.17) is 5.73 Å². The molecule has 1 amide bonds. The average Bonchev–Trinajstić information content (AvgIpc) is 2.34. The van der Waals surface area contributed by atoms with Crippen LogP contribution in [0.25, 0.3) is 0 Å². The summed E-state index contributed by atoms with van der Waals surface area (Å²) in [6, 6.07) is 0. The molecule has 0 saturated carbocycles. The SMILES string of the molecule is CCN(CC)CC1CCN(C(=O)C(C)(C)N)CC1.Cl.Cl. The maximum Gasteiger partial charge on any atom is 0.242 e. The Kier molecular flexibility index (Phi) is 10.9. The number of rotatable bonds is 5. The highest BCUT2D eigenvalue weighted by Gasteiger charge is 2.30. The van der Waals surface area contributed by atoms with Crippen molar-refractivity contribution in [2.24, 2.45) is 11.7 Å². The van der Waals surface area contributed by atoms with Gasteiger partial charge in [-0.3, -0.25) is 4.79 Å². The molecule has 0 aromatic carbocycles. The molecular weight excluding hydrogens is 297 g/mol. The highest BCUT2D eigenvalue weighted by Crippen LogP contribution is 2.20. The van der Waals surface area contributed by atoms with Crippen LogP contribution in [0.15, 0.2) is 0 Å². The molecule has 20 heavy (non-hydrogen) atoms. The van der Waals surface area contributed by atoms with Crippen LogP contribution in [-0.2, 0) is 4.79 Å². The number of piperidine rings is 1. The second-order valence-electron chi connectivity index (χ2n) is 5.94. The summed E-state index contributed by atoms with van der Waals surface area (Å²) in [5.74, 6) is 0.818. The van der Waals surface area contributed by atoms with Gasteiger partial charge in [0, 0.05) is 19.6 Å². The van der Waals surface area contributed by atoms with Crippen LogP contribution in [0.1, 0.15) is 40.5 Å². The largest absolute Gasteiger partial charge is 0.341 e. The third-order valence-corrected chi connectivity index (χ3v) is 3.86. The van der Waals surface area contributed by atoms with Gasteiger partial charge in [0.25, 0.3) is 0 Å². The lowest BCUT2D eigenvalue weighted by Crippen LogP contribution is -2.53. The Bertz CT molecular complexity index is 270. The Balaban J connectivity index is 0. The van der Waals surface area contributed by atoms with Crippen molar-refractivity contribution in [3.05, 3.63) is 0 Å². The van der Waals surface area contributed by atoms with Gasteiger partial charge in [0.2, 0.25) is 5.91 Å². The predicted molar refractivity (Wildman–Crippen MR) is 89.9 cm³/mol. The van der Waals surface area contributed by atoms with E-state index in [-0.39, 0.29) is 30.7 Å². The number of hydrogen-bond acceptors (Lipinski definition) is 3. The first-order valence-corrected chi connectivity index (χ1v) is 7.19. The van der Waals surface area contributed by atoms with E-state index < -0.39 is 5.54 Å². The molecule has 4 nitrogen and oxygen atoms in total. The Morgan fingerprint density at radius 2 is 1.65 bits per heavy atom. The molecular formula is C14H31Cl2N3O. The monoisotopic (exact) mass is 327 g/mol. The van der Waals surface area contributed by atoms with E-state index in [0.29, 0.717) is 0 Å². The molecule has 0 bridgehead atoms. The quantitative estimate of drug-likeness (QED) is 0.841. The van der Waals surface area contributed by atoms with Crippen LogP contribution in [0, 0.1) is 5.92 Å². The minimum atomic E-state index is -0.730. The summed E-state index contributed by atoms with van der Waals surface area (Å²) in [6.45, 7) is 13.1. The van der Waals surface area contributed by atoms with Crippen molar-refractivity contribution in [3.63, 3.8) is 0 Å². The normalized spacial score (nSPS) is 16.6. The van der Waals surface area contributed by atoms with Gasteiger partial charge in [0.15, 0.2) is 0 Å². The molecule has 0 atom stereocenters. The van der Waals surface area contributed by atoms with Crippen molar-refractivity contribution < 1.29 is 4.79 Å². The van der Waals surface area contributed by atoms with Crippen LogP contribution < -0.4 is 5.73 Å². The fourth-order valence-electron chi connectivity index (χ4n) is 2.57. The smallest absolute Gasteiger partial charge is 0.242 e. The highest BCUT2D eigenvalue weighted by molar-refractivity contribution is 5.86. The van der Waals surface area contributed by atoms with Crippen molar-refractivity contribution in [1.29, 1.82) is 0 Å². The van der Waals surface area contributed by atoms with Gasteiger partial charge < -0.3 is 15.5 Å². The molecule has 1 saturated heterocycles. The van der Waals surface area contributed by atoms with Crippen LogP contribution in [0.2, 0.25) is 0 Å². The summed E-state index contributed by atoms with van der Waals surface area (Å²) in [6.07, 6.45) is 2.22. The van der Waals surface area contributed by atoms with Gasteiger partial charge in [-0.05, 0) is 45.7 Å². The molecule has 0 aliphatic carbocycles. The molecule has 2 N–H and O–H groups in total. The fraction of sp³-hybridized carbons (Fsp3) is 0.929. The predicted octanol–water partition coefficient (Wildman–Crippen LogP) is 2.15. The highest BCUT2D eigenvalue weighted by atomic mass is 35.5. The van der Waals surface area contributed by atoms with Crippen LogP contribution in [0.4, 0.5) is 0 Å². The summed E-state index contributed by atoms with van der Waals surface area (Å²) in [7, 11) is 0. The zero-order valence-electron chi connectivity index (χ0n) is 13.2. The first-order valence-electron chi connectivity index (χ1n) is 7.19. The second-order valence-corrected chi connectivity index (χ2v) is 5.94. The standard InChI is InChI=1S/C14H29N3O.2ClH/c1-5-16(6-2)11-12-7-9-17(10-8-12)13(18)14(3,4)15;;/h12H,5-11,15H2,1-4H3;2*1H. The van der Waals surface area contributed by atoms with Gasteiger partial charge >= 0.3 is 0 Å². The number of carbonyl (C=O) groups is 1. The summed E-state index contributed by atoms with van der Waals surface area (Å²) < 4.78 is 0. The topological polar surface area (TPSA) is 49.6 Å². The van der Waals surface area contributed by atoms with Gasteiger partial charge in [-0.1, -0.05) is 13.8 Å². The molecule has 1 fully saturated rings. The fourth-order valence-corrected chi connectivity index (χ4v) is 2.57. The third-order valence-electron chi connectivity index (χ3n) is 3.86. The maximum atomic E-state index is 12.1. The lowest BCUT2D eigenvalue weighted by Gasteiger charge is -2.37. The van der Waals surface area contributed by atoms with E-state index in [9.17, 15) is 4.79 Å². The summed E-state index contributed by atoms with van der Waals surface area (Å²) in [5.41, 5.74) is 5.14. The van der Waals surface area contributed by atoms with Gasteiger partial charge in [-0.25, -0.2) is 0 Å². The molecule has 1 aliphatic heterocycles. The Morgan fingerprint density at radius 3 is 2.00 bits per heavy atom. The maximum absolute atomic E-state index is 12.1. The first kappa shape index (κ1) is 22.3. The number of nitrogens with zero attached hydrogens (tertiary/aromatic N) is 2. The molecule has 0 aromatic rings. The Labute approximate surface area is 136 Å². The Morgan fingerprint density at radius 1 is 1.20 bits per heavy atom. The third kappa shape index (κ3) is 6.61. The molecule has 122 valence electrons. The summed E-state index contributed by atoms with van der Waals surface area (Å²) in [5, 5.41) is 0. The molecule has 1 rings (SSSR count). The molecule has 1 heterocycles. The van der Waals surface area contributed by atoms with E-state index in [2.05, 4.69) is 18.7 Å². The number of nitrogens with two attached hydrogens (primary N) is 1. The van der Waals surface area contributed by atoms with Crippen molar-refractivity contribution in [3.8, 4) is 0 Å². The number of hydrogen-bond donors (Lipinski definition) is 1. The van der Waals surface area contributed by atoms with Crippen LogP contribution >= 0.6 is 24.8 Å². The zero-order valence-corrected chi connectivity index (χ0v) is 14.9. The van der Waals surface area contributed by atoms with E-state index in [1.807, 2.05) is 4.90 Å². The van der Waals surface area contributed by atoms with Gasteiger partial charge in [0.05, 0.1) is 5.54 Å². The van der Waals surface area contributed by atoms with Crippen LogP contribution in [-0.4, -0.2) is 54.0 Å². The number of likely N-dealkylation sites (tertiary alicyclic amines) is 1. The minimum absolute atomic E-state index is 0. The molecule has 1 aliphatic rings. The van der Waals surface area contributed by atoms with Crippen molar-refractivity contribution in [2.45, 2.75) is 46.1 Å². The average molecular weight is 328 g/mol. The molecule has 6 heteroatoms. The summed E-state index contributed by atoms with van der Waals surface area (Å²) in [4.78, 5) is 16.4. The van der Waals surface area contributed by atoms with Crippen molar-refractivity contribution in [2.75, 3.05) is 32.7 Å². The van der Waals surface area contributed by atoms with Gasteiger partial charge in [-0.2, -0.15) is 0 Å². The van der Waals surface area contributed by atoms with Crippen molar-refractivity contribution >= 4 is 30.7 Å². The molecule has 0 aromatic heterocycles. The van der Waals surface area contributed by atoms with E-state index in [1.54, 1.807) is 13.8 Å². The lowest BCUT2D eigenvalue weighted by molar-refractivity contribution is -0.137. The molecule has 0 spiro atoms.